The second-order valence-electron chi connectivity index (χ2n) is 2.80. The van der Waals surface area contributed by atoms with E-state index in [9.17, 15) is 8.78 Å². The molecule has 0 atom stereocenters. The van der Waals surface area contributed by atoms with Crippen LogP contribution in [-0.4, -0.2) is 13.0 Å². The average molecular weight is 196 g/mol. The van der Waals surface area contributed by atoms with Gasteiger partial charge >= 0.3 is 0 Å². The molecule has 0 aliphatic heterocycles. The van der Waals surface area contributed by atoms with Gasteiger partial charge in [0.1, 0.15) is 0 Å². The second-order valence-corrected chi connectivity index (χ2v) is 2.80. The number of alkyl halides is 2. The summed E-state index contributed by atoms with van der Waals surface area (Å²) in [7, 11) is 0. The van der Waals surface area contributed by atoms with Gasteiger partial charge in [-0.1, -0.05) is 6.07 Å². The molecule has 0 aromatic heterocycles. The summed E-state index contributed by atoms with van der Waals surface area (Å²) in [6.45, 7) is 0.215. The van der Waals surface area contributed by atoms with Gasteiger partial charge in [-0.3, -0.25) is 0 Å². The van der Waals surface area contributed by atoms with Gasteiger partial charge in [-0.05, 0) is 18.2 Å². The van der Waals surface area contributed by atoms with E-state index in [1.165, 1.54) is 0 Å². The molecule has 0 unspecified atom stereocenters. The molecule has 1 rings (SSSR count). The number of rotatable bonds is 4. The predicted octanol–water partition coefficient (Wildman–Crippen LogP) is 2.63. The van der Waals surface area contributed by atoms with E-state index in [1.807, 2.05) is 6.07 Å². The van der Waals surface area contributed by atoms with Crippen LogP contribution >= 0.6 is 0 Å². The van der Waals surface area contributed by atoms with Crippen molar-refractivity contribution in [1.82, 2.24) is 0 Å². The zero-order chi connectivity index (χ0) is 10.4. The molecule has 14 heavy (non-hydrogen) atoms. The van der Waals surface area contributed by atoms with Gasteiger partial charge < -0.3 is 5.32 Å². The summed E-state index contributed by atoms with van der Waals surface area (Å²) in [6.07, 6.45) is -2.47. The molecule has 1 aromatic carbocycles. The first-order chi connectivity index (χ1) is 6.72. The maximum atomic E-state index is 11.8. The minimum absolute atomic E-state index is 0.184. The Hall–Kier alpha value is -1.63. The second kappa shape index (κ2) is 5.18. The molecule has 0 aliphatic carbocycles. The number of nitrogens with one attached hydrogen (secondary N) is 1. The lowest BCUT2D eigenvalue weighted by atomic mass is 10.2. The lowest BCUT2D eigenvalue weighted by Crippen LogP contribution is -2.05. The Labute approximate surface area is 81.2 Å². The molecular formula is C10H10F2N2. The third-order valence-corrected chi connectivity index (χ3v) is 1.68. The first-order valence-electron chi connectivity index (χ1n) is 4.24. The van der Waals surface area contributed by atoms with Crippen LogP contribution in [0.2, 0.25) is 0 Å². The standard InChI is InChI=1S/C10H10F2N2/c11-10(12)4-5-14-9-3-1-2-8(6-9)7-13/h1-3,6,10,14H,4-5H2. The fourth-order valence-corrected chi connectivity index (χ4v) is 1.02. The number of halogens is 2. The van der Waals surface area contributed by atoms with E-state index in [0.29, 0.717) is 11.3 Å². The maximum Gasteiger partial charge on any atom is 0.240 e. The first-order valence-corrected chi connectivity index (χ1v) is 4.24. The summed E-state index contributed by atoms with van der Waals surface area (Å²) in [4.78, 5) is 0. The molecule has 4 heteroatoms. The fraction of sp³-hybridized carbons (Fsp3) is 0.300. The largest absolute Gasteiger partial charge is 0.385 e. The molecule has 0 fully saturated rings. The molecule has 1 N–H and O–H groups in total. The monoisotopic (exact) mass is 196 g/mol. The van der Waals surface area contributed by atoms with Crippen molar-refractivity contribution in [3.05, 3.63) is 29.8 Å². The molecule has 0 saturated heterocycles. The Balaban J connectivity index is 2.47. The topological polar surface area (TPSA) is 35.8 Å². The van der Waals surface area contributed by atoms with Crippen LogP contribution in [0.4, 0.5) is 14.5 Å². The van der Waals surface area contributed by atoms with Crippen LogP contribution in [0.1, 0.15) is 12.0 Å². The van der Waals surface area contributed by atoms with Crippen molar-refractivity contribution in [1.29, 1.82) is 5.26 Å². The van der Waals surface area contributed by atoms with Gasteiger partial charge in [-0.25, -0.2) is 8.78 Å². The number of benzene rings is 1. The van der Waals surface area contributed by atoms with Crippen LogP contribution < -0.4 is 5.32 Å². The molecular weight excluding hydrogens is 186 g/mol. The molecule has 0 saturated carbocycles. The zero-order valence-corrected chi connectivity index (χ0v) is 7.50. The van der Waals surface area contributed by atoms with Gasteiger partial charge in [-0.15, -0.1) is 0 Å². The Morgan fingerprint density at radius 1 is 1.43 bits per heavy atom. The van der Waals surface area contributed by atoms with Crippen LogP contribution in [-0.2, 0) is 0 Å². The van der Waals surface area contributed by atoms with Crippen LogP contribution in [0.25, 0.3) is 0 Å². The highest BCUT2D eigenvalue weighted by Crippen LogP contribution is 2.10. The Morgan fingerprint density at radius 3 is 2.86 bits per heavy atom. The van der Waals surface area contributed by atoms with E-state index < -0.39 is 6.43 Å². The molecule has 0 aliphatic rings. The van der Waals surface area contributed by atoms with E-state index in [2.05, 4.69) is 5.32 Å². The molecule has 2 nitrogen and oxygen atoms in total. The van der Waals surface area contributed by atoms with Crippen LogP contribution in [0, 0.1) is 11.3 Å². The molecule has 0 amide bonds. The smallest absolute Gasteiger partial charge is 0.240 e. The van der Waals surface area contributed by atoms with Crippen molar-refractivity contribution in [3.8, 4) is 6.07 Å². The number of hydrogen-bond acceptors (Lipinski definition) is 2. The fourth-order valence-electron chi connectivity index (χ4n) is 1.02. The molecule has 0 bridgehead atoms. The maximum absolute atomic E-state index is 11.8. The highest BCUT2D eigenvalue weighted by molar-refractivity contribution is 5.48. The summed E-state index contributed by atoms with van der Waals surface area (Å²) >= 11 is 0. The number of hydrogen-bond donors (Lipinski definition) is 1. The van der Waals surface area contributed by atoms with Gasteiger partial charge in [0.05, 0.1) is 11.6 Å². The van der Waals surface area contributed by atoms with Crippen LogP contribution in [0.3, 0.4) is 0 Å². The molecule has 0 radical (unpaired) electrons. The van der Waals surface area contributed by atoms with Crippen molar-refractivity contribution >= 4 is 5.69 Å². The highest BCUT2D eigenvalue weighted by atomic mass is 19.3. The van der Waals surface area contributed by atoms with E-state index in [4.69, 9.17) is 5.26 Å². The van der Waals surface area contributed by atoms with Crippen molar-refractivity contribution in [2.24, 2.45) is 0 Å². The lowest BCUT2D eigenvalue weighted by Gasteiger charge is -2.05. The third kappa shape index (κ3) is 3.40. The van der Waals surface area contributed by atoms with Crippen molar-refractivity contribution in [2.45, 2.75) is 12.8 Å². The van der Waals surface area contributed by atoms with Gasteiger partial charge in [0.15, 0.2) is 0 Å². The van der Waals surface area contributed by atoms with Crippen molar-refractivity contribution in [2.75, 3.05) is 11.9 Å². The molecule has 0 heterocycles. The summed E-state index contributed by atoms with van der Waals surface area (Å²) < 4.78 is 23.6. The number of nitrogens with zero attached hydrogens (tertiary/aromatic N) is 1. The van der Waals surface area contributed by atoms with Gasteiger partial charge in [-0.2, -0.15) is 5.26 Å². The molecule has 1 aromatic rings. The quantitative estimate of drug-likeness (QED) is 0.803. The summed E-state index contributed by atoms with van der Waals surface area (Å²) in [5.74, 6) is 0. The van der Waals surface area contributed by atoms with Gasteiger partial charge in [0.2, 0.25) is 6.43 Å². The van der Waals surface area contributed by atoms with Crippen LogP contribution in [0.15, 0.2) is 24.3 Å². The lowest BCUT2D eigenvalue weighted by molar-refractivity contribution is 0.142. The van der Waals surface area contributed by atoms with Crippen LogP contribution in [0.5, 0.6) is 0 Å². The number of anilines is 1. The van der Waals surface area contributed by atoms with E-state index in [0.717, 1.165) is 0 Å². The zero-order valence-electron chi connectivity index (χ0n) is 7.50. The van der Waals surface area contributed by atoms with Gasteiger partial charge in [0, 0.05) is 18.7 Å². The first kappa shape index (κ1) is 10.5. The van der Waals surface area contributed by atoms with Crippen molar-refractivity contribution in [3.63, 3.8) is 0 Å². The summed E-state index contributed by atoms with van der Waals surface area (Å²) in [5.41, 5.74) is 1.22. The summed E-state index contributed by atoms with van der Waals surface area (Å²) in [5, 5.41) is 11.4. The normalized spacial score (nSPS) is 9.86. The van der Waals surface area contributed by atoms with E-state index >= 15 is 0 Å². The minimum Gasteiger partial charge on any atom is -0.385 e. The molecule has 0 spiro atoms. The molecule has 74 valence electrons. The highest BCUT2D eigenvalue weighted by Gasteiger charge is 2.01. The minimum atomic E-state index is -2.29. The third-order valence-electron chi connectivity index (χ3n) is 1.68. The van der Waals surface area contributed by atoms with Gasteiger partial charge in [0.25, 0.3) is 0 Å². The Kier molecular flexibility index (Phi) is 3.86. The SMILES string of the molecule is N#Cc1cccc(NCCC(F)F)c1. The summed E-state index contributed by atoms with van der Waals surface area (Å²) in [6, 6.07) is 8.73. The predicted molar refractivity (Wildman–Crippen MR) is 50.3 cm³/mol. The Bertz CT molecular complexity index is 331. The number of nitriles is 1. The van der Waals surface area contributed by atoms with E-state index in [1.54, 1.807) is 24.3 Å². The Morgan fingerprint density at radius 2 is 2.21 bits per heavy atom. The average Bonchev–Trinajstić information content (AvgIpc) is 2.18. The van der Waals surface area contributed by atoms with Crippen molar-refractivity contribution < 1.29 is 8.78 Å². The van der Waals surface area contributed by atoms with E-state index in [-0.39, 0.29) is 13.0 Å².